The van der Waals surface area contributed by atoms with Gasteiger partial charge in [0, 0.05) is 11.8 Å². The van der Waals surface area contributed by atoms with E-state index >= 15 is 0 Å². The molecule has 1 rings (SSSR count). The van der Waals surface area contributed by atoms with Crippen molar-refractivity contribution in [2.24, 2.45) is 10.9 Å². The highest BCUT2D eigenvalue weighted by Crippen LogP contribution is 2.08. The summed E-state index contributed by atoms with van der Waals surface area (Å²) in [5, 5.41) is 3.52. The number of rotatable bonds is 4. The normalized spacial score (nSPS) is 24.3. The molecule has 1 heterocycles. The molecule has 1 saturated heterocycles. The van der Waals surface area contributed by atoms with Crippen LogP contribution >= 0.6 is 0 Å². The maximum Gasteiger partial charge on any atom is 0.0542 e. The van der Waals surface area contributed by atoms with Crippen LogP contribution in [0.25, 0.3) is 0 Å². The van der Waals surface area contributed by atoms with Gasteiger partial charge in [0.1, 0.15) is 0 Å². The van der Waals surface area contributed by atoms with Crippen molar-refractivity contribution in [1.82, 2.24) is 5.32 Å². The summed E-state index contributed by atoms with van der Waals surface area (Å²) in [6.07, 6.45) is 5.16. The highest BCUT2D eigenvalue weighted by Gasteiger charge is 2.11. The lowest BCUT2D eigenvalue weighted by atomic mass is 10.0. The van der Waals surface area contributed by atoms with E-state index in [4.69, 9.17) is 0 Å². The fourth-order valence-corrected chi connectivity index (χ4v) is 2.00. The summed E-state index contributed by atoms with van der Waals surface area (Å²) in [7, 11) is 0. The third-order valence-electron chi connectivity index (χ3n) is 2.70. The van der Waals surface area contributed by atoms with Gasteiger partial charge in [-0.15, -0.1) is 0 Å². The molecule has 0 aromatic heterocycles. The molecule has 0 amide bonds. The van der Waals surface area contributed by atoms with E-state index < -0.39 is 0 Å². The molecule has 0 radical (unpaired) electrons. The molecule has 0 bridgehead atoms. The Labute approximate surface area is 88.2 Å². The molecule has 2 nitrogen and oxygen atoms in total. The van der Waals surface area contributed by atoms with E-state index in [1.807, 2.05) is 0 Å². The third kappa shape index (κ3) is 4.75. The molecule has 0 aromatic carbocycles. The second kappa shape index (κ2) is 6.18. The third-order valence-corrected chi connectivity index (χ3v) is 2.70. The molecule has 0 spiro atoms. The molecule has 82 valence electrons. The van der Waals surface area contributed by atoms with Gasteiger partial charge in [0.15, 0.2) is 0 Å². The van der Waals surface area contributed by atoms with Crippen LogP contribution in [-0.4, -0.2) is 24.8 Å². The van der Waals surface area contributed by atoms with Gasteiger partial charge in [-0.25, -0.2) is 0 Å². The number of aliphatic imine (C=N–C) groups is 1. The number of hydrogen-bond donors (Lipinski definition) is 1. The highest BCUT2D eigenvalue weighted by atomic mass is 15.0. The minimum atomic E-state index is 0.644. The summed E-state index contributed by atoms with van der Waals surface area (Å²) >= 11 is 0. The van der Waals surface area contributed by atoms with Crippen LogP contribution in [0.1, 0.15) is 46.5 Å². The Balaban J connectivity index is 2.22. The van der Waals surface area contributed by atoms with E-state index in [-0.39, 0.29) is 0 Å². The van der Waals surface area contributed by atoms with Gasteiger partial charge in [-0.2, -0.15) is 0 Å². The number of nitrogens with zero attached hydrogens (tertiary/aromatic N) is 1. The molecule has 1 aliphatic heterocycles. The van der Waals surface area contributed by atoms with E-state index in [0.717, 1.165) is 18.9 Å². The number of nitrogens with one attached hydrogen (secondary N) is 1. The topological polar surface area (TPSA) is 24.4 Å². The quantitative estimate of drug-likeness (QED) is 0.687. The van der Waals surface area contributed by atoms with E-state index in [0.29, 0.717) is 6.04 Å². The van der Waals surface area contributed by atoms with Gasteiger partial charge in [-0.1, -0.05) is 20.3 Å². The fraction of sp³-hybridized carbons (Fsp3) is 0.917. The lowest BCUT2D eigenvalue weighted by Gasteiger charge is -2.21. The second-order valence-corrected chi connectivity index (χ2v) is 4.82. The first-order valence-corrected chi connectivity index (χ1v) is 5.92. The van der Waals surface area contributed by atoms with Gasteiger partial charge in [0.05, 0.1) is 6.54 Å². The Morgan fingerprint density at radius 1 is 1.43 bits per heavy atom. The van der Waals surface area contributed by atoms with Crippen molar-refractivity contribution in [3.63, 3.8) is 0 Å². The lowest BCUT2D eigenvalue weighted by Crippen LogP contribution is -2.36. The summed E-state index contributed by atoms with van der Waals surface area (Å²) in [4.78, 5) is 4.64. The van der Waals surface area contributed by atoms with E-state index in [9.17, 15) is 0 Å². The average Bonchev–Trinajstić information content (AvgIpc) is 2.15. The maximum atomic E-state index is 4.64. The van der Waals surface area contributed by atoms with E-state index in [2.05, 4.69) is 31.1 Å². The monoisotopic (exact) mass is 196 g/mol. The smallest absolute Gasteiger partial charge is 0.0542 e. The Morgan fingerprint density at radius 3 is 2.79 bits per heavy atom. The molecule has 1 aliphatic rings. The first-order chi connectivity index (χ1) is 6.68. The summed E-state index contributed by atoms with van der Waals surface area (Å²) in [5.74, 6) is 0.734. The van der Waals surface area contributed by atoms with Crippen molar-refractivity contribution in [3.05, 3.63) is 0 Å². The van der Waals surface area contributed by atoms with Crippen molar-refractivity contribution >= 4 is 5.71 Å². The maximum absolute atomic E-state index is 4.64. The van der Waals surface area contributed by atoms with Crippen molar-refractivity contribution in [2.75, 3.05) is 13.1 Å². The molecule has 0 aliphatic carbocycles. The second-order valence-electron chi connectivity index (χ2n) is 4.82. The average molecular weight is 196 g/mol. The molecule has 1 fully saturated rings. The van der Waals surface area contributed by atoms with Gasteiger partial charge < -0.3 is 5.32 Å². The minimum absolute atomic E-state index is 0.644. The molecular weight excluding hydrogens is 172 g/mol. The van der Waals surface area contributed by atoms with Crippen molar-refractivity contribution in [3.8, 4) is 0 Å². The standard InChI is InChI=1S/C12H24N2/c1-10(2)8-11(3)14-9-12-6-4-5-7-13-12/h10,12-13H,4-9H2,1-3H3. The Hall–Kier alpha value is -0.370. The summed E-state index contributed by atoms with van der Waals surface area (Å²) < 4.78 is 0. The van der Waals surface area contributed by atoms with Crippen LogP contribution in [0.3, 0.4) is 0 Å². The zero-order valence-electron chi connectivity index (χ0n) is 9.84. The number of hydrogen-bond acceptors (Lipinski definition) is 2. The van der Waals surface area contributed by atoms with Gasteiger partial charge >= 0.3 is 0 Å². The molecule has 1 N–H and O–H groups in total. The molecule has 0 aromatic rings. The first-order valence-electron chi connectivity index (χ1n) is 5.92. The van der Waals surface area contributed by atoms with Crippen molar-refractivity contribution in [1.29, 1.82) is 0 Å². The lowest BCUT2D eigenvalue weighted by molar-refractivity contribution is 0.408. The predicted octanol–water partition coefficient (Wildman–Crippen LogP) is 2.64. The van der Waals surface area contributed by atoms with Crippen LogP contribution in [0.2, 0.25) is 0 Å². The van der Waals surface area contributed by atoms with Crippen molar-refractivity contribution in [2.45, 2.75) is 52.5 Å². The molecule has 0 saturated carbocycles. The van der Waals surface area contributed by atoms with Crippen LogP contribution < -0.4 is 5.32 Å². The van der Waals surface area contributed by atoms with Crippen molar-refractivity contribution < 1.29 is 0 Å². The Bertz CT molecular complexity index is 179. The summed E-state index contributed by atoms with van der Waals surface area (Å²) in [5.41, 5.74) is 1.31. The fourth-order valence-electron chi connectivity index (χ4n) is 2.00. The van der Waals surface area contributed by atoms with Crippen LogP contribution in [-0.2, 0) is 0 Å². The van der Waals surface area contributed by atoms with Crippen LogP contribution in [0.5, 0.6) is 0 Å². The first kappa shape index (κ1) is 11.7. The van der Waals surface area contributed by atoms with E-state index in [1.54, 1.807) is 0 Å². The van der Waals surface area contributed by atoms with Gasteiger partial charge in [0.25, 0.3) is 0 Å². The minimum Gasteiger partial charge on any atom is -0.312 e. The number of piperidine rings is 1. The Morgan fingerprint density at radius 2 is 2.21 bits per heavy atom. The summed E-state index contributed by atoms with van der Waals surface area (Å²) in [6.45, 7) is 8.82. The SMILES string of the molecule is CC(CC(C)C)=NCC1CCCCN1. The predicted molar refractivity (Wildman–Crippen MR) is 63.1 cm³/mol. The molecule has 14 heavy (non-hydrogen) atoms. The largest absolute Gasteiger partial charge is 0.312 e. The molecule has 1 atom stereocenters. The van der Waals surface area contributed by atoms with Gasteiger partial charge in [-0.05, 0) is 38.6 Å². The highest BCUT2D eigenvalue weighted by molar-refractivity contribution is 5.82. The zero-order valence-corrected chi connectivity index (χ0v) is 9.84. The molecular formula is C12H24N2. The van der Waals surface area contributed by atoms with Crippen LogP contribution in [0.15, 0.2) is 4.99 Å². The van der Waals surface area contributed by atoms with Crippen LogP contribution in [0.4, 0.5) is 0 Å². The Kier molecular flexibility index (Phi) is 5.16. The molecule has 2 heteroatoms. The van der Waals surface area contributed by atoms with Gasteiger partial charge in [-0.3, -0.25) is 4.99 Å². The van der Waals surface area contributed by atoms with Gasteiger partial charge in [0.2, 0.25) is 0 Å². The summed E-state index contributed by atoms with van der Waals surface area (Å²) in [6, 6.07) is 0.644. The van der Waals surface area contributed by atoms with Crippen LogP contribution in [0, 0.1) is 5.92 Å². The zero-order chi connectivity index (χ0) is 10.4. The van der Waals surface area contributed by atoms with E-state index in [1.165, 1.54) is 31.5 Å². The molecule has 1 unspecified atom stereocenters.